The highest BCUT2D eigenvalue weighted by atomic mass is 32.2. The van der Waals surface area contributed by atoms with Crippen LogP contribution in [0.15, 0.2) is 11.1 Å². The normalized spacial score (nSPS) is 18.5. The minimum absolute atomic E-state index is 0.527. The Morgan fingerprint density at radius 1 is 1.29 bits per heavy atom. The molecule has 0 radical (unpaired) electrons. The standard InChI is InChI=1S/C13H23N3S/c1-10(2)17-12-9-15-16(13(12)14)11-7-5-3-4-6-8-11/h9-11H,3-8,14H2,1-2H3. The van der Waals surface area contributed by atoms with Crippen molar-refractivity contribution in [2.45, 2.75) is 68.6 Å². The lowest BCUT2D eigenvalue weighted by Crippen LogP contribution is -2.12. The minimum atomic E-state index is 0.527. The van der Waals surface area contributed by atoms with Crippen LogP contribution in [0.3, 0.4) is 0 Å². The molecular formula is C13H23N3S. The van der Waals surface area contributed by atoms with Crippen LogP contribution < -0.4 is 5.73 Å². The van der Waals surface area contributed by atoms with Gasteiger partial charge in [0, 0.05) is 5.25 Å². The summed E-state index contributed by atoms with van der Waals surface area (Å²) in [6.07, 6.45) is 9.77. The molecule has 1 saturated carbocycles. The predicted octanol–water partition coefficient (Wildman–Crippen LogP) is 3.86. The molecule has 1 aromatic heterocycles. The van der Waals surface area contributed by atoms with Crippen LogP contribution in [0.1, 0.15) is 58.4 Å². The first-order chi connectivity index (χ1) is 8.18. The SMILES string of the molecule is CC(C)Sc1cnn(C2CCCCCC2)c1N. The van der Waals surface area contributed by atoms with Crippen LogP contribution in [-0.4, -0.2) is 15.0 Å². The van der Waals surface area contributed by atoms with Gasteiger partial charge in [0.05, 0.1) is 17.1 Å². The van der Waals surface area contributed by atoms with E-state index in [0.29, 0.717) is 11.3 Å². The molecule has 2 N–H and O–H groups in total. The molecule has 0 spiro atoms. The zero-order chi connectivity index (χ0) is 12.3. The molecule has 0 saturated heterocycles. The zero-order valence-electron chi connectivity index (χ0n) is 10.9. The molecule has 2 rings (SSSR count). The number of hydrogen-bond donors (Lipinski definition) is 1. The smallest absolute Gasteiger partial charge is 0.135 e. The third-order valence-electron chi connectivity index (χ3n) is 3.33. The molecule has 0 unspecified atom stereocenters. The molecule has 1 heterocycles. The van der Waals surface area contributed by atoms with E-state index in [-0.39, 0.29) is 0 Å². The van der Waals surface area contributed by atoms with Crippen LogP contribution in [-0.2, 0) is 0 Å². The second-order valence-electron chi connectivity index (χ2n) is 5.15. The molecule has 0 aromatic carbocycles. The minimum Gasteiger partial charge on any atom is -0.383 e. The van der Waals surface area contributed by atoms with Crippen molar-refractivity contribution in [1.82, 2.24) is 9.78 Å². The van der Waals surface area contributed by atoms with Gasteiger partial charge in [-0.15, -0.1) is 11.8 Å². The molecule has 1 fully saturated rings. The third kappa shape index (κ3) is 3.18. The fourth-order valence-corrected chi connectivity index (χ4v) is 3.32. The highest BCUT2D eigenvalue weighted by Crippen LogP contribution is 2.33. The first-order valence-electron chi connectivity index (χ1n) is 6.68. The summed E-state index contributed by atoms with van der Waals surface area (Å²) in [6, 6.07) is 0.527. The summed E-state index contributed by atoms with van der Waals surface area (Å²) in [5.74, 6) is 0.871. The Balaban J connectivity index is 2.12. The topological polar surface area (TPSA) is 43.8 Å². The highest BCUT2D eigenvalue weighted by molar-refractivity contribution is 8.00. The van der Waals surface area contributed by atoms with Crippen molar-refractivity contribution in [3.63, 3.8) is 0 Å². The fraction of sp³-hybridized carbons (Fsp3) is 0.769. The summed E-state index contributed by atoms with van der Waals surface area (Å²) in [6.45, 7) is 4.38. The van der Waals surface area contributed by atoms with Gasteiger partial charge < -0.3 is 5.73 Å². The molecule has 0 amide bonds. The number of nitrogen functional groups attached to an aromatic ring is 1. The van der Waals surface area contributed by atoms with Gasteiger partial charge in [-0.25, -0.2) is 4.68 Å². The summed E-state index contributed by atoms with van der Waals surface area (Å²) < 4.78 is 2.07. The Labute approximate surface area is 108 Å². The number of hydrogen-bond acceptors (Lipinski definition) is 3. The highest BCUT2D eigenvalue weighted by Gasteiger charge is 2.19. The lowest BCUT2D eigenvalue weighted by atomic mass is 10.1. The number of anilines is 1. The first kappa shape index (κ1) is 12.8. The largest absolute Gasteiger partial charge is 0.383 e. The van der Waals surface area contributed by atoms with Gasteiger partial charge in [-0.1, -0.05) is 39.5 Å². The number of rotatable bonds is 3. The van der Waals surface area contributed by atoms with Crippen molar-refractivity contribution >= 4 is 17.6 Å². The first-order valence-corrected chi connectivity index (χ1v) is 7.56. The molecule has 1 aliphatic rings. The van der Waals surface area contributed by atoms with E-state index in [1.165, 1.54) is 38.5 Å². The van der Waals surface area contributed by atoms with Crippen molar-refractivity contribution < 1.29 is 0 Å². The molecule has 0 atom stereocenters. The Bertz CT molecular complexity index is 352. The molecule has 1 aliphatic carbocycles. The van der Waals surface area contributed by atoms with Gasteiger partial charge in [0.15, 0.2) is 0 Å². The van der Waals surface area contributed by atoms with E-state index in [0.717, 1.165) is 10.7 Å². The van der Waals surface area contributed by atoms with Crippen LogP contribution in [0.2, 0.25) is 0 Å². The van der Waals surface area contributed by atoms with Gasteiger partial charge >= 0.3 is 0 Å². The molecule has 17 heavy (non-hydrogen) atoms. The average Bonchev–Trinajstić information content (AvgIpc) is 2.55. The Morgan fingerprint density at radius 3 is 2.53 bits per heavy atom. The molecule has 0 bridgehead atoms. The van der Waals surface area contributed by atoms with Gasteiger partial charge in [-0.2, -0.15) is 5.10 Å². The van der Waals surface area contributed by atoms with Crippen molar-refractivity contribution in [3.05, 3.63) is 6.20 Å². The maximum absolute atomic E-state index is 6.21. The summed E-state index contributed by atoms with van der Waals surface area (Å²) in [5, 5.41) is 5.06. The second kappa shape index (κ2) is 5.80. The monoisotopic (exact) mass is 253 g/mol. The Hall–Kier alpha value is -0.640. The summed E-state index contributed by atoms with van der Waals surface area (Å²) in [7, 11) is 0. The van der Waals surface area contributed by atoms with E-state index in [9.17, 15) is 0 Å². The lowest BCUT2D eigenvalue weighted by Gasteiger charge is -2.16. The molecule has 0 aliphatic heterocycles. The Kier molecular flexibility index (Phi) is 4.37. The molecule has 96 valence electrons. The van der Waals surface area contributed by atoms with Gasteiger partial charge in [0.25, 0.3) is 0 Å². The van der Waals surface area contributed by atoms with Crippen LogP contribution >= 0.6 is 11.8 Å². The number of thioether (sulfide) groups is 1. The molecule has 3 nitrogen and oxygen atoms in total. The molecule has 4 heteroatoms. The van der Waals surface area contributed by atoms with Crippen LogP contribution in [0.5, 0.6) is 0 Å². The van der Waals surface area contributed by atoms with E-state index >= 15 is 0 Å². The van der Waals surface area contributed by atoms with Crippen LogP contribution in [0.4, 0.5) is 5.82 Å². The maximum atomic E-state index is 6.21. The van der Waals surface area contributed by atoms with Crippen LogP contribution in [0.25, 0.3) is 0 Å². The summed E-state index contributed by atoms with van der Waals surface area (Å²) in [5.41, 5.74) is 6.21. The van der Waals surface area contributed by atoms with E-state index in [2.05, 4.69) is 23.6 Å². The zero-order valence-corrected chi connectivity index (χ0v) is 11.7. The van der Waals surface area contributed by atoms with E-state index in [4.69, 9.17) is 5.73 Å². The Morgan fingerprint density at radius 2 is 1.94 bits per heavy atom. The summed E-state index contributed by atoms with van der Waals surface area (Å²) >= 11 is 1.81. The molecule has 1 aromatic rings. The van der Waals surface area contributed by atoms with Gasteiger partial charge in [-0.3, -0.25) is 0 Å². The van der Waals surface area contributed by atoms with Gasteiger partial charge in [-0.05, 0) is 12.8 Å². The van der Waals surface area contributed by atoms with E-state index in [1.54, 1.807) is 11.8 Å². The van der Waals surface area contributed by atoms with Crippen molar-refractivity contribution in [3.8, 4) is 0 Å². The predicted molar refractivity (Wildman–Crippen MR) is 74.4 cm³/mol. The number of aromatic nitrogens is 2. The van der Waals surface area contributed by atoms with Crippen molar-refractivity contribution in [2.24, 2.45) is 0 Å². The fourth-order valence-electron chi connectivity index (χ4n) is 2.49. The maximum Gasteiger partial charge on any atom is 0.135 e. The quantitative estimate of drug-likeness (QED) is 0.657. The second-order valence-corrected chi connectivity index (χ2v) is 6.77. The average molecular weight is 253 g/mol. The lowest BCUT2D eigenvalue weighted by molar-refractivity contribution is 0.410. The van der Waals surface area contributed by atoms with E-state index < -0.39 is 0 Å². The van der Waals surface area contributed by atoms with Crippen LogP contribution in [0, 0.1) is 0 Å². The van der Waals surface area contributed by atoms with Gasteiger partial charge in [0.1, 0.15) is 5.82 Å². The number of nitrogens with zero attached hydrogens (tertiary/aromatic N) is 2. The van der Waals surface area contributed by atoms with E-state index in [1.807, 2.05) is 6.20 Å². The van der Waals surface area contributed by atoms with Crippen molar-refractivity contribution in [2.75, 3.05) is 5.73 Å². The summed E-state index contributed by atoms with van der Waals surface area (Å²) in [4.78, 5) is 1.14. The molecular weight excluding hydrogens is 230 g/mol. The number of nitrogens with two attached hydrogens (primary N) is 1. The van der Waals surface area contributed by atoms with Crippen molar-refractivity contribution in [1.29, 1.82) is 0 Å². The van der Waals surface area contributed by atoms with Gasteiger partial charge in [0.2, 0.25) is 0 Å². The third-order valence-corrected chi connectivity index (χ3v) is 4.37.